The number of aromatic nitrogens is 1. The van der Waals surface area contributed by atoms with Crippen LogP contribution >= 0.6 is 0 Å². The summed E-state index contributed by atoms with van der Waals surface area (Å²) in [4.78, 5) is 15.3. The van der Waals surface area contributed by atoms with E-state index < -0.39 is 5.91 Å². The Hall–Kier alpha value is -1.58. The largest absolute Gasteiger partial charge is 0.489 e. The molecule has 4 heteroatoms. The topological polar surface area (TPSA) is 65.2 Å². The van der Waals surface area contributed by atoms with Gasteiger partial charge in [0.2, 0.25) is 0 Å². The second-order valence-electron chi connectivity index (χ2n) is 3.70. The zero-order valence-corrected chi connectivity index (χ0v) is 8.69. The number of carbonyl (C=O) groups excluding carboxylic acids is 1. The first kappa shape index (κ1) is 9.96. The Balaban J connectivity index is 2.26. The number of pyridine rings is 1. The minimum atomic E-state index is -0.444. The summed E-state index contributed by atoms with van der Waals surface area (Å²) in [5, 5.41) is 0. The summed E-state index contributed by atoms with van der Waals surface area (Å²) in [5.74, 6) is 0.198. The van der Waals surface area contributed by atoms with Gasteiger partial charge in [0, 0.05) is 0 Å². The highest BCUT2D eigenvalue weighted by molar-refractivity contribution is 5.94. The molecular formula is C11H14N2O2. The molecule has 0 bridgehead atoms. The summed E-state index contributed by atoms with van der Waals surface area (Å²) in [6, 6.07) is 1.69. The Kier molecular flexibility index (Phi) is 2.58. The van der Waals surface area contributed by atoms with Gasteiger partial charge in [0.15, 0.2) is 0 Å². The van der Waals surface area contributed by atoms with Gasteiger partial charge in [-0.15, -0.1) is 0 Å². The summed E-state index contributed by atoms with van der Waals surface area (Å²) in [5.41, 5.74) is 6.47. The van der Waals surface area contributed by atoms with Gasteiger partial charge >= 0.3 is 0 Å². The predicted octanol–water partition coefficient (Wildman–Crippen LogP) is 1.28. The Labute approximate surface area is 88.4 Å². The fourth-order valence-corrected chi connectivity index (χ4v) is 1.41. The minimum absolute atomic E-state index is 0.306. The molecule has 1 aromatic heterocycles. The second kappa shape index (κ2) is 3.88. The first-order valence-corrected chi connectivity index (χ1v) is 5.16. The molecule has 0 radical (unpaired) electrons. The molecule has 0 atom stereocenters. The molecule has 1 saturated carbocycles. The average molecular weight is 206 g/mol. The van der Waals surface area contributed by atoms with Crippen LogP contribution < -0.4 is 10.5 Å². The number of hydrogen-bond donors (Lipinski definition) is 1. The van der Waals surface area contributed by atoms with Crippen molar-refractivity contribution in [2.75, 3.05) is 0 Å². The minimum Gasteiger partial charge on any atom is -0.489 e. The first-order chi connectivity index (χ1) is 7.20. The number of primary amides is 1. The molecule has 1 aliphatic carbocycles. The lowest BCUT2D eigenvalue weighted by Gasteiger charge is -2.07. The third-order valence-corrected chi connectivity index (χ3v) is 2.37. The van der Waals surface area contributed by atoms with Crippen LogP contribution in [0.3, 0.4) is 0 Å². The lowest BCUT2D eigenvalue weighted by molar-refractivity contribution is 0.0998. The molecule has 4 nitrogen and oxygen atoms in total. The molecule has 80 valence electrons. The molecule has 0 aromatic carbocycles. The number of nitrogens with zero attached hydrogens (tertiary/aromatic N) is 1. The molecule has 0 unspecified atom stereocenters. The van der Waals surface area contributed by atoms with Crippen molar-refractivity contribution in [3.8, 4) is 5.75 Å². The van der Waals surface area contributed by atoms with E-state index in [-0.39, 0.29) is 0 Å². The molecule has 1 amide bonds. The number of nitrogens with two attached hydrogens (primary N) is 1. The van der Waals surface area contributed by atoms with E-state index in [0.717, 1.165) is 18.5 Å². The van der Waals surface area contributed by atoms with E-state index in [4.69, 9.17) is 10.5 Å². The molecular weight excluding hydrogens is 192 g/mol. The van der Waals surface area contributed by atoms with Crippen LogP contribution in [0.15, 0.2) is 12.3 Å². The molecule has 1 fully saturated rings. The van der Waals surface area contributed by atoms with E-state index in [1.807, 2.05) is 6.92 Å². The van der Waals surface area contributed by atoms with E-state index in [1.165, 1.54) is 0 Å². The molecule has 1 aliphatic rings. The fraction of sp³-hybridized carbons (Fsp3) is 0.455. The van der Waals surface area contributed by atoms with Crippen LogP contribution in [-0.4, -0.2) is 17.0 Å². The number of rotatable bonds is 4. The normalized spacial score (nSPS) is 15.0. The summed E-state index contributed by atoms with van der Waals surface area (Å²) < 4.78 is 5.55. The maximum absolute atomic E-state index is 11.2. The summed E-state index contributed by atoms with van der Waals surface area (Å²) in [6.07, 6.45) is 4.83. The van der Waals surface area contributed by atoms with Crippen LogP contribution in [0.5, 0.6) is 5.75 Å². The van der Waals surface area contributed by atoms with Crippen molar-refractivity contribution in [1.29, 1.82) is 0 Å². The quantitative estimate of drug-likeness (QED) is 0.807. The van der Waals surface area contributed by atoms with E-state index in [2.05, 4.69) is 4.98 Å². The van der Waals surface area contributed by atoms with Crippen molar-refractivity contribution in [3.05, 3.63) is 23.5 Å². The Morgan fingerprint density at radius 3 is 2.93 bits per heavy atom. The maximum atomic E-state index is 11.2. The lowest BCUT2D eigenvalue weighted by Crippen LogP contribution is -2.15. The lowest BCUT2D eigenvalue weighted by atomic mass is 10.1. The smallest absolute Gasteiger partial charge is 0.250 e. The van der Waals surface area contributed by atoms with E-state index >= 15 is 0 Å². The summed E-state index contributed by atoms with van der Waals surface area (Å²) in [7, 11) is 0. The summed E-state index contributed by atoms with van der Waals surface area (Å²) in [6.45, 7) is 1.94. The Morgan fingerprint density at radius 1 is 1.67 bits per heavy atom. The van der Waals surface area contributed by atoms with Gasteiger partial charge in [-0.3, -0.25) is 9.78 Å². The van der Waals surface area contributed by atoms with Crippen LogP contribution in [0.1, 0.15) is 35.8 Å². The van der Waals surface area contributed by atoms with Crippen LogP contribution in [0, 0.1) is 0 Å². The Bertz CT molecular complexity index is 386. The fourth-order valence-electron chi connectivity index (χ4n) is 1.41. The highest BCUT2D eigenvalue weighted by Gasteiger charge is 2.24. The number of amides is 1. The van der Waals surface area contributed by atoms with E-state index in [1.54, 1.807) is 12.3 Å². The third kappa shape index (κ3) is 2.26. The van der Waals surface area contributed by atoms with Gasteiger partial charge in [0.05, 0.1) is 23.6 Å². The molecule has 1 aromatic rings. The molecule has 0 aliphatic heterocycles. The molecule has 0 spiro atoms. The Morgan fingerprint density at radius 2 is 2.40 bits per heavy atom. The van der Waals surface area contributed by atoms with Crippen molar-refractivity contribution in [3.63, 3.8) is 0 Å². The van der Waals surface area contributed by atoms with Crippen molar-refractivity contribution in [2.24, 2.45) is 5.73 Å². The van der Waals surface area contributed by atoms with Gasteiger partial charge in [-0.1, -0.05) is 6.92 Å². The van der Waals surface area contributed by atoms with Crippen molar-refractivity contribution in [1.82, 2.24) is 4.98 Å². The van der Waals surface area contributed by atoms with Crippen molar-refractivity contribution in [2.45, 2.75) is 32.3 Å². The highest BCUT2D eigenvalue weighted by atomic mass is 16.5. The second-order valence-corrected chi connectivity index (χ2v) is 3.70. The number of aryl methyl sites for hydroxylation is 1. The van der Waals surface area contributed by atoms with Crippen LogP contribution in [0.2, 0.25) is 0 Å². The highest BCUT2D eigenvalue weighted by Crippen LogP contribution is 2.27. The SMILES string of the molecule is CCc1ncc(OC2CC2)cc1C(N)=O. The molecule has 2 N–H and O–H groups in total. The zero-order chi connectivity index (χ0) is 10.8. The monoisotopic (exact) mass is 206 g/mol. The molecule has 0 saturated heterocycles. The van der Waals surface area contributed by atoms with Crippen LogP contribution in [0.25, 0.3) is 0 Å². The van der Waals surface area contributed by atoms with Gasteiger partial charge in [-0.05, 0) is 25.3 Å². The maximum Gasteiger partial charge on any atom is 0.250 e. The third-order valence-electron chi connectivity index (χ3n) is 2.37. The van der Waals surface area contributed by atoms with Crippen LogP contribution in [0.4, 0.5) is 0 Å². The number of ether oxygens (including phenoxy) is 1. The first-order valence-electron chi connectivity index (χ1n) is 5.16. The van der Waals surface area contributed by atoms with Gasteiger partial charge in [0.1, 0.15) is 5.75 Å². The zero-order valence-electron chi connectivity index (χ0n) is 8.69. The average Bonchev–Trinajstić information content (AvgIpc) is 3.01. The number of hydrogen-bond acceptors (Lipinski definition) is 3. The molecule has 15 heavy (non-hydrogen) atoms. The molecule has 1 heterocycles. The van der Waals surface area contributed by atoms with Crippen molar-refractivity contribution < 1.29 is 9.53 Å². The van der Waals surface area contributed by atoms with Gasteiger partial charge < -0.3 is 10.5 Å². The van der Waals surface area contributed by atoms with Gasteiger partial charge in [-0.2, -0.15) is 0 Å². The van der Waals surface area contributed by atoms with Crippen LogP contribution in [-0.2, 0) is 6.42 Å². The predicted molar refractivity (Wildman–Crippen MR) is 55.8 cm³/mol. The standard InChI is InChI=1S/C11H14N2O2/c1-2-10-9(11(12)14)5-8(6-13-10)15-7-3-4-7/h5-7H,2-4H2,1H3,(H2,12,14). The number of carbonyl (C=O) groups is 1. The summed E-state index contributed by atoms with van der Waals surface area (Å²) >= 11 is 0. The van der Waals surface area contributed by atoms with Crippen molar-refractivity contribution >= 4 is 5.91 Å². The van der Waals surface area contributed by atoms with E-state index in [0.29, 0.717) is 23.8 Å². The van der Waals surface area contributed by atoms with E-state index in [9.17, 15) is 4.79 Å². The van der Waals surface area contributed by atoms with Gasteiger partial charge in [0.25, 0.3) is 5.91 Å². The molecule has 2 rings (SSSR count). The van der Waals surface area contributed by atoms with Gasteiger partial charge in [-0.25, -0.2) is 0 Å².